The second-order valence-corrected chi connectivity index (χ2v) is 3.22. The van der Waals surface area contributed by atoms with Gasteiger partial charge in [0.15, 0.2) is 5.54 Å². The highest BCUT2D eigenvalue weighted by Crippen LogP contribution is 2.21. The molecular weight excluding hydrogens is 192 g/mol. The fourth-order valence-corrected chi connectivity index (χ4v) is 1.13. The molecule has 1 rings (SSSR count). The number of aliphatic carboxylic acids is 1. The summed E-state index contributed by atoms with van der Waals surface area (Å²) in [7, 11) is 0. The van der Waals surface area contributed by atoms with Crippen molar-refractivity contribution < 1.29 is 24.4 Å². The number of hydrogen-bond acceptors (Lipinski definition) is 2. The summed E-state index contributed by atoms with van der Waals surface area (Å²) in [5, 5.41) is 10.6. The lowest BCUT2D eigenvalue weighted by atomic mass is 9.92. The van der Waals surface area contributed by atoms with Gasteiger partial charge in [0.1, 0.15) is 17.6 Å². The van der Waals surface area contributed by atoms with Gasteiger partial charge in [0.05, 0.1) is 5.56 Å². The highest BCUT2D eigenvalue weighted by atomic mass is 19.1. The SMILES string of the molecule is C[C@@]([NH3+])(C(=O)[O-])c1c(F)cccc1F. The van der Waals surface area contributed by atoms with Crippen LogP contribution in [0.25, 0.3) is 0 Å². The number of carboxylic acids is 1. The van der Waals surface area contributed by atoms with Crippen LogP contribution in [-0.2, 0) is 10.3 Å². The summed E-state index contributed by atoms with van der Waals surface area (Å²) < 4.78 is 26.3. The number of halogens is 2. The monoisotopic (exact) mass is 201 g/mol. The van der Waals surface area contributed by atoms with Crippen LogP contribution in [0.2, 0.25) is 0 Å². The zero-order chi connectivity index (χ0) is 10.9. The van der Waals surface area contributed by atoms with Crippen molar-refractivity contribution in [1.82, 2.24) is 0 Å². The maximum Gasteiger partial charge on any atom is 0.163 e. The first kappa shape index (κ1) is 10.6. The molecule has 0 bridgehead atoms. The molecule has 1 aromatic carbocycles. The van der Waals surface area contributed by atoms with Crippen LogP contribution in [0.4, 0.5) is 8.78 Å². The number of carbonyl (C=O) groups excluding carboxylic acids is 1. The number of carboxylic acid groups (broad SMARTS) is 1. The molecule has 0 spiro atoms. The van der Waals surface area contributed by atoms with Crippen LogP contribution in [0.3, 0.4) is 0 Å². The average molecular weight is 201 g/mol. The van der Waals surface area contributed by atoms with Gasteiger partial charge in [-0.2, -0.15) is 0 Å². The van der Waals surface area contributed by atoms with Gasteiger partial charge in [-0.05, 0) is 12.1 Å². The third-order valence-electron chi connectivity index (χ3n) is 1.97. The smallest absolute Gasteiger partial charge is 0.163 e. The molecule has 3 nitrogen and oxygen atoms in total. The summed E-state index contributed by atoms with van der Waals surface area (Å²) in [4.78, 5) is 10.6. The third-order valence-corrected chi connectivity index (χ3v) is 1.97. The van der Waals surface area contributed by atoms with Gasteiger partial charge in [-0.1, -0.05) is 6.07 Å². The standard InChI is InChI=1S/C9H9F2NO2/c1-9(12,8(13)14)7-5(10)3-2-4-6(7)11/h2-4H,12H2,1H3,(H,13,14)/t9-/m0/s1. The van der Waals surface area contributed by atoms with E-state index in [1.165, 1.54) is 0 Å². The minimum atomic E-state index is -1.92. The molecule has 0 aliphatic heterocycles. The molecular formula is C9H9F2NO2. The number of quaternary nitrogens is 1. The molecule has 0 aliphatic rings. The van der Waals surface area contributed by atoms with Crippen molar-refractivity contribution in [2.45, 2.75) is 12.5 Å². The first-order valence-electron chi connectivity index (χ1n) is 3.88. The van der Waals surface area contributed by atoms with Gasteiger partial charge in [0.2, 0.25) is 0 Å². The second kappa shape index (κ2) is 3.34. The van der Waals surface area contributed by atoms with Gasteiger partial charge in [0, 0.05) is 6.92 Å². The van der Waals surface area contributed by atoms with Gasteiger partial charge in [0.25, 0.3) is 0 Å². The van der Waals surface area contributed by atoms with E-state index in [4.69, 9.17) is 0 Å². The molecule has 0 amide bonds. The molecule has 1 aromatic rings. The Hall–Kier alpha value is -1.49. The number of rotatable bonds is 2. The van der Waals surface area contributed by atoms with E-state index in [-0.39, 0.29) is 0 Å². The maximum atomic E-state index is 13.1. The first-order valence-corrected chi connectivity index (χ1v) is 3.88. The molecule has 0 saturated heterocycles. The molecule has 0 fully saturated rings. The molecule has 0 unspecified atom stereocenters. The fourth-order valence-electron chi connectivity index (χ4n) is 1.13. The topological polar surface area (TPSA) is 67.8 Å². The first-order chi connectivity index (χ1) is 6.37. The second-order valence-electron chi connectivity index (χ2n) is 3.22. The summed E-state index contributed by atoms with van der Waals surface area (Å²) in [5.41, 5.74) is 0.715. The Balaban J connectivity index is 3.38. The molecule has 76 valence electrons. The Kier molecular flexibility index (Phi) is 2.53. The zero-order valence-corrected chi connectivity index (χ0v) is 7.51. The summed E-state index contributed by atoms with van der Waals surface area (Å²) >= 11 is 0. The van der Waals surface area contributed by atoms with Crippen LogP contribution >= 0.6 is 0 Å². The van der Waals surface area contributed by atoms with Crippen molar-refractivity contribution in [1.29, 1.82) is 0 Å². The predicted molar refractivity (Wildman–Crippen MR) is 41.6 cm³/mol. The molecule has 0 aliphatic carbocycles. The minimum absolute atomic E-state index is 0.583. The van der Waals surface area contributed by atoms with Crippen LogP contribution in [0.1, 0.15) is 12.5 Å². The highest BCUT2D eigenvalue weighted by molar-refractivity contribution is 5.76. The molecule has 0 saturated carbocycles. The molecule has 0 aromatic heterocycles. The molecule has 5 heteroatoms. The zero-order valence-electron chi connectivity index (χ0n) is 7.51. The lowest BCUT2D eigenvalue weighted by Crippen LogP contribution is -2.75. The van der Waals surface area contributed by atoms with E-state index >= 15 is 0 Å². The van der Waals surface area contributed by atoms with Crippen LogP contribution in [0, 0.1) is 11.6 Å². The molecule has 1 atom stereocenters. The third kappa shape index (κ3) is 1.58. The van der Waals surface area contributed by atoms with Crippen LogP contribution in [0.5, 0.6) is 0 Å². The number of benzene rings is 1. The van der Waals surface area contributed by atoms with Crippen molar-refractivity contribution in [2.75, 3.05) is 0 Å². The number of hydrogen-bond donors (Lipinski definition) is 1. The molecule has 0 radical (unpaired) electrons. The Morgan fingerprint density at radius 2 is 1.86 bits per heavy atom. The van der Waals surface area contributed by atoms with Gasteiger partial charge in [-0.25, -0.2) is 8.78 Å². The van der Waals surface area contributed by atoms with Crippen molar-refractivity contribution in [3.63, 3.8) is 0 Å². The Morgan fingerprint density at radius 3 is 2.21 bits per heavy atom. The van der Waals surface area contributed by atoms with Gasteiger partial charge in [-0.15, -0.1) is 0 Å². The van der Waals surface area contributed by atoms with E-state index in [2.05, 4.69) is 5.73 Å². The normalized spacial score (nSPS) is 14.9. The Morgan fingerprint density at radius 1 is 1.43 bits per heavy atom. The van der Waals surface area contributed by atoms with Crippen LogP contribution in [-0.4, -0.2) is 5.97 Å². The highest BCUT2D eigenvalue weighted by Gasteiger charge is 2.33. The van der Waals surface area contributed by atoms with Gasteiger partial charge in [-0.3, -0.25) is 0 Å². The van der Waals surface area contributed by atoms with Crippen molar-refractivity contribution in [3.05, 3.63) is 35.4 Å². The maximum absolute atomic E-state index is 13.1. The molecule has 14 heavy (non-hydrogen) atoms. The molecule has 0 heterocycles. The summed E-state index contributed by atoms with van der Waals surface area (Å²) in [5.74, 6) is -3.50. The Bertz CT molecular complexity index is 357. The predicted octanol–water partition coefficient (Wildman–Crippen LogP) is -0.828. The van der Waals surface area contributed by atoms with Crippen molar-refractivity contribution >= 4 is 5.97 Å². The van der Waals surface area contributed by atoms with E-state index in [9.17, 15) is 18.7 Å². The van der Waals surface area contributed by atoms with Crippen molar-refractivity contribution in [3.8, 4) is 0 Å². The quantitative estimate of drug-likeness (QED) is 0.678. The lowest BCUT2D eigenvalue weighted by molar-refractivity contribution is -0.490. The van der Waals surface area contributed by atoms with Crippen LogP contribution in [0.15, 0.2) is 18.2 Å². The van der Waals surface area contributed by atoms with Gasteiger partial charge >= 0.3 is 0 Å². The lowest BCUT2D eigenvalue weighted by Gasteiger charge is -2.23. The van der Waals surface area contributed by atoms with Crippen LogP contribution < -0.4 is 10.8 Å². The van der Waals surface area contributed by atoms with E-state index < -0.39 is 28.7 Å². The average Bonchev–Trinajstić information content (AvgIpc) is 2.02. The van der Waals surface area contributed by atoms with Gasteiger partial charge < -0.3 is 15.6 Å². The molecule has 3 N–H and O–H groups in total. The van der Waals surface area contributed by atoms with E-state index in [0.29, 0.717) is 0 Å². The summed E-state index contributed by atoms with van der Waals surface area (Å²) in [6.07, 6.45) is 0. The Labute approximate surface area is 79.2 Å². The number of carbonyl (C=O) groups is 1. The van der Waals surface area contributed by atoms with E-state index in [0.717, 1.165) is 25.1 Å². The van der Waals surface area contributed by atoms with Crippen molar-refractivity contribution in [2.24, 2.45) is 0 Å². The van der Waals surface area contributed by atoms with E-state index in [1.807, 2.05) is 0 Å². The largest absolute Gasteiger partial charge is 0.543 e. The van der Waals surface area contributed by atoms with E-state index in [1.54, 1.807) is 0 Å². The minimum Gasteiger partial charge on any atom is -0.543 e. The summed E-state index contributed by atoms with van der Waals surface area (Å²) in [6, 6.07) is 3.11. The summed E-state index contributed by atoms with van der Waals surface area (Å²) in [6.45, 7) is 1.09. The fraction of sp³-hybridized carbons (Fsp3) is 0.222.